The molecule has 0 fully saturated rings. The third-order valence-corrected chi connectivity index (χ3v) is 5.85. The smallest absolute Gasteiger partial charge is 0.277 e. The third-order valence-electron chi connectivity index (χ3n) is 4.92. The van der Waals surface area contributed by atoms with Crippen molar-refractivity contribution in [2.45, 2.75) is 17.4 Å². The number of anilines is 1. The average Bonchev–Trinajstić information content (AvgIpc) is 3.40. The first-order valence-corrected chi connectivity index (χ1v) is 10.4. The Kier molecular flexibility index (Phi) is 4.72. The highest BCUT2D eigenvalue weighted by atomic mass is 32.2. The summed E-state index contributed by atoms with van der Waals surface area (Å²) >= 11 is 1.24. The Balaban J connectivity index is 1.32. The van der Waals surface area contributed by atoms with Crippen LogP contribution in [0.1, 0.15) is 6.92 Å². The predicted molar refractivity (Wildman–Crippen MR) is 119 cm³/mol. The molecule has 5 rings (SSSR count). The second-order valence-electron chi connectivity index (χ2n) is 6.90. The Morgan fingerprint density at radius 3 is 2.67 bits per heavy atom. The molecular weight excluding hydrogens is 396 g/mol. The number of benzene rings is 3. The molecule has 7 heteroatoms. The lowest BCUT2D eigenvalue weighted by molar-refractivity contribution is -0.115. The second kappa shape index (κ2) is 7.68. The highest BCUT2D eigenvalue weighted by molar-refractivity contribution is 8.00. The summed E-state index contributed by atoms with van der Waals surface area (Å²) in [6, 6.07) is 21.7. The van der Waals surface area contributed by atoms with Crippen molar-refractivity contribution in [2.75, 3.05) is 5.32 Å². The zero-order valence-corrected chi connectivity index (χ0v) is 16.9. The van der Waals surface area contributed by atoms with E-state index >= 15 is 0 Å². The van der Waals surface area contributed by atoms with Crippen LogP contribution in [0.15, 0.2) is 82.6 Å². The second-order valence-corrected chi connectivity index (χ2v) is 8.19. The lowest BCUT2D eigenvalue weighted by atomic mass is 10.1. The number of nitrogens with zero attached hydrogens (tertiary/aromatic N) is 2. The molecule has 0 aliphatic heterocycles. The summed E-state index contributed by atoms with van der Waals surface area (Å²) in [6.45, 7) is 1.82. The number of carbonyl (C=O) groups excluding carboxylic acids is 1. The maximum Gasteiger partial charge on any atom is 0.277 e. The topological polar surface area (TPSA) is 83.8 Å². The number of aromatic amines is 1. The van der Waals surface area contributed by atoms with E-state index in [2.05, 4.69) is 20.5 Å². The summed E-state index contributed by atoms with van der Waals surface area (Å²) in [5.74, 6) is 0.305. The molecule has 6 nitrogen and oxygen atoms in total. The number of aromatic nitrogens is 3. The minimum atomic E-state index is -0.403. The minimum absolute atomic E-state index is 0.122. The molecule has 2 aromatic heterocycles. The number of hydrogen-bond acceptors (Lipinski definition) is 5. The van der Waals surface area contributed by atoms with Gasteiger partial charge in [-0.1, -0.05) is 66.4 Å². The van der Waals surface area contributed by atoms with E-state index < -0.39 is 5.25 Å². The fourth-order valence-electron chi connectivity index (χ4n) is 3.39. The summed E-state index contributed by atoms with van der Waals surface area (Å²) in [4.78, 5) is 15.9. The standard InChI is InChI=1S/C23H18N4O2S/c1-14(21(28)25-20-12-6-8-15-7-2-3-9-16(15)20)30-23-27-26-22(29-23)18-13-24-19-11-5-4-10-17(18)19/h2-14,24H,1H3,(H,25,28)/t14-/m0/s1. The Morgan fingerprint density at radius 1 is 1.00 bits per heavy atom. The van der Waals surface area contributed by atoms with E-state index in [1.165, 1.54) is 11.8 Å². The molecule has 1 amide bonds. The fourth-order valence-corrected chi connectivity index (χ4v) is 4.07. The van der Waals surface area contributed by atoms with Crippen molar-refractivity contribution in [2.24, 2.45) is 0 Å². The van der Waals surface area contributed by atoms with Gasteiger partial charge in [0.05, 0.1) is 10.8 Å². The highest BCUT2D eigenvalue weighted by Crippen LogP contribution is 2.31. The first-order valence-electron chi connectivity index (χ1n) is 9.54. The molecule has 0 radical (unpaired) electrons. The van der Waals surface area contributed by atoms with Crippen LogP contribution in [-0.2, 0) is 4.79 Å². The molecule has 0 saturated carbocycles. The molecule has 0 aliphatic rings. The lowest BCUT2D eigenvalue weighted by Crippen LogP contribution is -2.22. The summed E-state index contributed by atoms with van der Waals surface area (Å²) in [7, 11) is 0. The number of nitrogens with one attached hydrogen (secondary N) is 2. The molecule has 0 unspecified atom stereocenters. The molecule has 1 atom stereocenters. The van der Waals surface area contributed by atoms with Gasteiger partial charge in [-0.3, -0.25) is 4.79 Å². The van der Waals surface area contributed by atoms with Crippen molar-refractivity contribution in [3.63, 3.8) is 0 Å². The number of carbonyl (C=O) groups is 1. The first-order chi connectivity index (χ1) is 14.7. The number of fused-ring (bicyclic) bond motifs is 2. The quantitative estimate of drug-likeness (QED) is 0.372. The van der Waals surface area contributed by atoms with Gasteiger partial charge < -0.3 is 14.7 Å². The monoisotopic (exact) mass is 414 g/mol. The maximum absolute atomic E-state index is 12.7. The van der Waals surface area contributed by atoms with Crippen LogP contribution in [0, 0.1) is 0 Å². The van der Waals surface area contributed by atoms with Crippen molar-refractivity contribution < 1.29 is 9.21 Å². The van der Waals surface area contributed by atoms with E-state index in [0.717, 1.165) is 32.9 Å². The molecule has 0 bridgehead atoms. The van der Waals surface area contributed by atoms with E-state index in [4.69, 9.17) is 4.42 Å². The normalized spacial score (nSPS) is 12.3. The first kappa shape index (κ1) is 18.4. The Labute approximate surface area is 176 Å². The van der Waals surface area contributed by atoms with Crippen LogP contribution in [0.5, 0.6) is 0 Å². The molecule has 3 aromatic carbocycles. The number of para-hydroxylation sites is 1. The zero-order chi connectivity index (χ0) is 20.5. The summed E-state index contributed by atoms with van der Waals surface area (Å²) < 4.78 is 5.82. The third kappa shape index (κ3) is 3.44. The molecule has 148 valence electrons. The predicted octanol–water partition coefficient (Wildman–Crippen LogP) is 5.49. The van der Waals surface area contributed by atoms with Crippen LogP contribution in [-0.4, -0.2) is 26.3 Å². The summed E-state index contributed by atoms with van der Waals surface area (Å²) in [6.07, 6.45) is 1.85. The molecule has 2 heterocycles. The highest BCUT2D eigenvalue weighted by Gasteiger charge is 2.20. The van der Waals surface area contributed by atoms with Crippen molar-refractivity contribution in [1.82, 2.24) is 15.2 Å². The lowest BCUT2D eigenvalue weighted by Gasteiger charge is -2.12. The zero-order valence-electron chi connectivity index (χ0n) is 16.1. The van der Waals surface area contributed by atoms with Gasteiger partial charge in [-0.15, -0.1) is 10.2 Å². The summed E-state index contributed by atoms with van der Waals surface area (Å²) in [5.41, 5.74) is 2.64. The SMILES string of the molecule is C[C@H](Sc1nnc(-c2c[nH]c3ccccc23)o1)C(=O)Nc1cccc2ccccc12. The van der Waals surface area contributed by atoms with E-state index in [9.17, 15) is 4.79 Å². The molecule has 2 N–H and O–H groups in total. The van der Waals surface area contributed by atoms with Crippen molar-refractivity contribution in [1.29, 1.82) is 0 Å². The van der Waals surface area contributed by atoms with E-state index in [1.54, 1.807) is 0 Å². The number of H-pyrrole nitrogens is 1. The fraction of sp³-hybridized carbons (Fsp3) is 0.0870. The van der Waals surface area contributed by atoms with Gasteiger partial charge in [-0.25, -0.2) is 0 Å². The van der Waals surface area contributed by atoms with Crippen molar-refractivity contribution >= 4 is 45.0 Å². The Morgan fingerprint density at radius 2 is 1.77 bits per heavy atom. The summed E-state index contributed by atoms with van der Waals surface area (Å²) in [5, 5.41) is 14.3. The van der Waals surface area contributed by atoms with Crippen LogP contribution in [0.25, 0.3) is 33.1 Å². The van der Waals surface area contributed by atoms with E-state index in [1.807, 2.05) is 79.9 Å². The number of amides is 1. The van der Waals surface area contributed by atoms with Gasteiger partial charge in [0.25, 0.3) is 11.1 Å². The molecule has 0 saturated heterocycles. The van der Waals surface area contributed by atoms with Gasteiger partial charge in [0.2, 0.25) is 5.91 Å². The van der Waals surface area contributed by atoms with Crippen molar-refractivity contribution in [3.05, 3.63) is 72.9 Å². The number of hydrogen-bond donors (Lipinski definition) is 2. The van der Waals surface area contributed by atoms with E-state index in [-0.39, 0.29) is 5.91 Å². The largest absolute Gasteiger partial charge is 0.411 e. The van der Waals surface area contributed by atoms with Gasteiger partial charge in [0, 0.05) is 28.2 Å². The van der Waals surface area contributed by atoms with Gasteiger partial charge in [-0.05, 0) is 24.4 Å². The molecule has 0 aliphatic carbocycles. The van der Waals surface area contributed by atoms with Crippen molar-refractivity contribution in [3.8, 4) is 11.5 Å². The van der Waals surface area contributed by atoms with Crippen LogP contribution < -0.4 is 5.32 Å². The van der Waals surface area contributed by atoms with Crippen LogP contribution in [0.2, 0.25) is 0 Å². The molecule has 5 aromatic rings. The van der Waals surface area contributed by atoms with Gasteiger partial charge >= 0.3 is 0 Å². The molecular formula is C23H18N4O2S. The van der Waals surface area contributed by atoms with Gasteiger partial charge in [-0.2, -0.15) is 0 Å². The Hall–Kier alpha value is -3.58. The number of thioether (sulfide) groups is 1. The van der Waals surface area contributed by atoms with Crippen LogP contribution >= 0.6 is 11.8 Å². The average molecular weight is 414 g/mol. The minimum Gasteiger partial charge on any atom is -0.411 e. The van der Waals surface area contributed by atoms with Crippen LogP contribution in [0.4, 0.5) is 5.69 Å². The maximum atomic E-state index is 12.7. The van der Waals surface area contributed by atoms with Gasteiger partial charge in [0.15, 0.2) is 0 Å². The van der Waals surface area contributed by atoms with Crippen LogP contribution in [0.3, 0.4) is 0 Å². The Bertz CT molecular complexity index is 1350. The van der Waals surface area contributed by atoms with E-state index in [0.29, 0.717) is 11.1 Å². The molecule has 30 heavy (non-hydrogen) atoms. The molecule has 0 spiro atoms. The van der Waals surface area contributed by atoms with Gasteiger partial charge in [0.1, 0.15) is 0 Å². The number of rotatable bonds is 5.